The van der Waals surface area contributed by atoms with E-state index in [0.29, 0.717) is 0 Å². The van der Waals surface area contributed by atoms with E-state index in [1.165, 1.54) is 0 Å². The number of nitrogens with one attached hydrogen (secondary N) is 1. The molecule has 0 saturated heterocycles. The van der Waals surface area contributed by atoms with Gasteiger partial charge in [0.1, 0.15) is 6.33 Å². The van der Waals surface area contributed by atoms with Crippen molar-refractivity contribution in [1.29, 1.82) is 0 Å². The number of carbonyl (C=O) groups excluding carboxylic acids is 1. The molecule has 0 aliphatic heterocycles. The number of hydrogen-bond acceptors (Lipinski definition) is 6. The Balaban J connectivity index is 3.08. The standard InChI is InChI=1S/C9H12ClN5O3/c1-9(2,3-5(11)16)14-8-6(15(17)18)7(10)12-4-13-8/h4H,3H2,1-2H3,(H2,11,16)(H,12,13,14). The predicted octanol–water partition coefficient (Wildman–Crippen LogP) is 1.10. The van der Waals surface area contributed by atoms with Crippen molar-refractivity contribution in [1.82, 2.24) is 9.97 Å². The molecular weight excluding hydrogens is 262 g/mol. The summed E-state index contributed by atoms with van der Waals surface area (Å²) in [5.74, 6) is -0.582. The minimum Gasteiger partial charge on any atom is -0.370 e. The molecule has 0 bridgehead atoms. The second kappa shape index (κ2) is 5.13. The maximum absolute atomic E-state index is 10.9. The molecule has 1 aromatic heterocycles. The highest BCUT2D eigenvalue weighted by Gasteiger charge is 2.28. The summed E-state index contributed by atoms with van der Waals surface area (Å²) in [4.78, 5) is 28.3. The summed E-state index contributed by atoms with van der Waals surface area (Å²) in [6.07, 6.45) is 1.09. The molecule has 0 fully saturated rings. The van der Waals surface area contributed by atoms with Crippen molar-refractivity contribution in [3.05, 3.63) is 21.6 Å². The molecule has 0 spiro atoms. The molecule has 1 amide bonds. The number of anilines is 1. The topological polar surface area (TPSA) is 124 Å². The largest absolute Gasteiger partial charge is 0.370 e. The summed E-state index contributed by atoms with van der Waals surface area (Å²) in [5.41, 5.74) is 3.87. The fourth-order valence-corrected chi connectivity index (χ4v) is 1.61. The van der Waals surface area contributed by atoms with Crippen LogP contribution in [0.3, 0.4) is 0 Å². The summed E-state index contributed by atoms with van der Waals surface area (Å²) in [5, 5.41) is 13.4. The first kappa shape index (κ1) is 14.1. The highest BCUT2D eigenvalue weighted by molar-refractivity contribution is 6.31. The van der Waals surface area contributed by atoms with E-state index >= 15 is 0 Å². The molecule has 0 unspecified atom stereocenters. The van der Waals surface area contributed by atoms with Gasteiger partial charge in [0.05, 0.1) is 4.92 Å². The van der Waals surface area contributed by atoms with Crippen LogP contribution < -0.4 is 11.1 Å². The minimum absolute atomic E-state index is 0.00816. The number of primary amides is 1. The van der Waals surface area contributed by atoms with E-state index < -0.39 is 22.1 Å². The van der Waals surface area contributed by atoms with Crippen LogP contribution in [0.15, 0.2) is 6.33 Å². The maximum Gasteiger partial charge on any atom is 0.348 e. The van der Waals surface area contributed by atoms with Gasteiger partial charge in [-0.25, -0.2) is 9.97 Å². The van der Waals surface area contributed by atoms with Gasteiger partial charge in [0, 0.05) is 12.0 Å². The van der Waals surface area contributed by atoms with E-state index in [4.69, 9.17) is 17.3 Å². The van der Waals surface area contributed by atoms with Crippen molar-refractivity contribution in [3.8, 4) is 0 Å². The average Bonchev–Trinajstić information content (AvgIpc) is 2.13. The molecule has 0 aliphatic carbocycles. The van der Waals surface area contributed by atoms with Crippen LogP contribution in [0.25, 0.3) is 0 Å². The van der Waals surface area contributed by atoms with E-state index in [9.17, 15) is 14.9 Å². The van der Waals surface area contributed by atoms with E-state index in [1.807, 2.05) is 0 Å². The van der Waals surface area contributed by atoms with Crippen LogP contribution in [0.4, 0.5) is 11.5 Å². The van der Waals surface area contributed by atoms with Crippen molar-refractivity contribution in [2.75, 3.05) is 5.32 Å². The summed E-state index contributed by atoms with van der Waals surface area (Å²) in [6, 6.07) is 0. The van der Waals surface area contributed by atoms with Gasteiger partial charge in [-0.3, -0.25) is 14.9 Å². The monoisotopic (exact) mass is 273 g/mol. The number of halogens is 1. The third-order valence-electron chi connectivity index (χ3n) is 2.03. The van der Waals surface area contributed by atoms with Gasteiger partial charge in [0.25, 0.3) is 0 Å². The number of aromatic nitrogens is 2. The van der Waals surface area contributed by atoms with Crippen molar-refractivity contribution >= 4 is 29.0 Å². The SMILES string of the molecule is CC(C)(CC(N)=O)Nc1ncnc(Cl)c1[N+](=O)[O-]. The second-order valence-corrected chi connectivity index (χ2v) is 4.63. The Labute approximate surface area is 108 Å². The number of carbonyl (C=O) groups is 1. The van der Waals surface area contributed by atoms with E-state index in [0.717, 1.165) is 6.33 Å². The molecule has 0 atom stereocenters. The van der Waals surface area contributed by atoms with Gasteiger partial charge in [-0.1, -0.05) is 11.6 Å². The molecule has 98 valence electrons. The molecule has 1 heterocycles. The lowest BCUT2D eigenvalue weighted by molar-refractivity contribution is -0.384. The van der Waals surface area contributed by atoms with Gasteiger partial charge in [-0.05, 0) is 13.8 Å². The quantitative estimate of drug-likeness (QED) is 0.470. The number of rotatable bonds is 5. The van der Waals surface area contributed by atoms with Crippen LogP contribution in [0, 0.1) is 10.1 Å². The van der Waals surface area contributed by atoms with Gasteiger partial charge < -0.3 is 11.1 Å². The molecule has 8 nitrogen and oxygen atoms in total. The summed E-state index contributed by atoms with van der Waals surface area (Å²) in [7, 11) is 0. The van der Waals surface area contributed by atoms with Gasteiger partial charge in [0.15, 0.2) is 0 Å². The van der Waals surface area contributed by atoms with Crippen molar-refractivity contribution in [2.45, 2.75) is 25.8 Å². The Morgan fingerprint density at radius 1 is 1.61 bits per heavy atom. The zero-order chi connectivity index (χ0) is 13.9. The lowest BCUT2D eigenvalue weighted by Crippen LogP contribution is -2.36. The van der Waals surface area contributed by atoms with E-state index in [-0.39, 0.29) is 17.4 Å². The maximum atomic E-state index is 10.9. The first-order valence-corrected chi connectivity index (χ1v) is 5.32. The van der Waals surface area contributed by atoms with Crippen LogP contribution in [-0.4, -0.2) is 26.3 Å². The Bertz CT molecular complexity index is 491. The second-order valence-electron chi connectivity index (χ2n) is 4.27. The molecule has 0 aromatic carbocycles. The molecule has 0 radical (unpaired) electrons. The summed E-state index contributed by atoms with van der Waals surface area (Å²) >= 11 is 5.63. The number of nitro groups is 1. The van der Waals surface area contributed by atoms with E-state index in [1.54, 1.807) is 13.8 Å². The smallest absolute Gasteiger partial charge is 0.348 e. The average molecular weight is 274 g/mol. The van der Waals surface area contributed by atoms with Crippen molar-refractivity contribution in [2.24, 2.45) is 5.73 Å². The zero-order valence-electron chi connectivity index (χ0n) is 9.81. The van der Waals surface area contributed by atoms with Gasteiger partial charge in [-0.2, -0.15) is 0 Å². The first-order chi connectivity index (χ1) is 8.23. The van der Waals surface area contributed by atoms with Crippen molar-refractivity contribution in [3.63, 3.8) is 0 Å². The molecule has 3 N–H and O–H groups in total. The fourth-order valence-electron chi connectivity index (χ4n) is 1.41. The summed E-state index contributed by atoms with van der Waals surface area (Å²) < 4.78 is 0. The molecule has 18 heavy (non-hydrogen) atoms. The molecule has 1 aromatic rings. The Hall–Kier alpha value is -1.96. The van der Waals surface area contributed by atoms with Crippen LogP contribution >= 0.6 is 11.6 Å². The predicted molar refractivity (Wildman–Crippen MR) is 65.2 cm³/mol. The van der Waals surface area contributed by atoms with Crippen LogP contribution in [-0.2, 0) is 4.79 Å². The number of hydrogen-bond donors (Lipinski definition) is 2. The third-order valence-corrected chi connectivity index (χ3v) is 2.31. The molecule has 1 rings (SSSR count). The normalized spacial score (nSPS) is 11.1. The van der Waals surface area contributed by atoms with Crippen molar-refractivity contribution < 1.29 is 9.72 Å². The Kier molecular flexibility index (Phi) is 4.02. The Morgan fingerprint density at radius 2 is 2.22 bits per heavy atom. The number of nitrogens with two attached hydrogens (primary N) is 1. The van der Waals surface area contributed by atoms with Gasteiger partial charge >= 0.3 is 5.69 Å². The first-order valence-electron chi connectivity index (χ1n) is 4.94. The fraction of sp³-hybridized carbons (Fsp3) is 0.444. The van der Waals surface area contributed by atoms with Crippen LogP contribution in [0.1, 0.15) is 20.3 Å². The van der Waals surface area contributed by atoms with Gasteiger partial charge in [-0.15, -0.1) is 0 Å². The Morgan fingerprint density at radius 3 is 2.72 bits per heavy atom. The number of nitrogens with zero attached hydrogens (tertiary/aromatic N) is 3. The van der Waals surface area contributed by atoms with Gasteiger partial charge in [0.2, 0.25) is 16.9 Å². The zero-order valence-corrected chi connectivity index (χ0v) is 10.6. The molecule has 0 aliphatic rings. The highest BCUT2D eigenvalue weighted by atomic mass is 35.5. The molecule has 9 heteroatoms. The molecule has 0 saturated carbocycles. The lowest BCUT2D eigenvalue weighted by atomic mass is 10.0. The highest BCUT2D eigenvalue weighted by Crippen LogP contribution is 2.30. The third kappa shape index (κ3) is 3.52. The molecular formula is C9H12ClN5O3. The summed E-state index contributed by atoms with van der Waals surface area (Å²) in [6.45, 7) is 3.33. The van der Waals surface area contributed by atoms with E-state index in [2.05, 4.69) is 15.3 Å². The minimum atomic E-state index is -0.783. The van der Waals surface area contributed by atoms with Crippen LogP contribution in [0.2, 0.25) is 5.15 Å². The van der Waals surface area contributed by atoms with Crippen LogP contribution in [0.5, 0.6) is 0 Å². The lowest BCUT2D eigenvalue weighted by Gasteiger charge is -2.24. The number of amides is 1.